The molecule has 2 rings (SSSR count). The summed E-state index contributed by atoms with van der Waals surface area (Å²) >= 11 is 0. The average molecular weight is 208 g/mol. The van der Waals surface area contributed by atoms with Gasteiger partial charge >= 0.3 is 0 Å². The Bertz CT molecular complexity index is 307. The van der Waals surface area contributed by atoms with Crippen molar-refractivity contribution in [3.8, 4) is 0 Å². The zero-order valence-electron chi connectivity index (χ0n) is 9.61. The molecule has 84 valence electrons. The first kappa shape index (κ1) is 10.6. The van der Waals surface area contributed by atoms with Crippen LogP contribution < -0.4 is 5.32 Å². The summed E-state index contributed by atoms with van der Waals surface area (Å²) in [6, 6.07) is 0. The molecule has 0 saturated heterocycles. The van der Waals surface area contributed by atoms with Crippen LogP contribution in [0.5, 0.6) is 0 Å². The van der Waals surface area contributed by atoms with Gasteiger partial charge in [-0.25, -0.2) is 0 Å². The molecular weight excluding hydrogens is 188 g/mol. The van der Waals surface area contributed by atoms with Crippen molar-refractivity contribution < 1.29 is 0 Å². The highest BCUT2D eigenvalue weighted by molar-refractivity contribution is 4.92. The van der Waals surface area contributed by atoms with Crippen molar-refractivity contribution in [3.05, 3.63) is 11.9 Å². The summed E-state index contributed by atoms with van der Waals surface area (Å²) in [5.74, 6) is 1.76. The van der Waals surface area contributed by atoms with Crippen LogP contribution in [0.25, 0.3) is 0 Å². The molecule has 0 radical (unpaired) electrons. The molecule has 0 amide bonds. The van der Waals surface area contributed by atoms with E-state index in [1.165, 1.54) is 19.3 Å². The van der Waals surface area contributed by atoms with E-state index >= 15 is 0 Å². The number of rotatable bonds is 4. The van der Waals surface area contributed by atoms with Gasteiger partial charge in [-0.3, -0.25) is 4.68 Å². The maximum absolute atomic E-state index is 3.91. The molecule has 1 fully saturated rings. The van der Waals surface area contributed by atoms with Crippen LogP contribution in [0.2, 0.25) is 0 Å². The molecule has 2 unspecified atom stereocenters. The van der Waals surface area contributed by atoms with Gasteiger partial charge in [-0.2, -0.15) is 0 Å². The molecule has 1 aliphatic rings. The largest absolute Gasteiger partial charge is 0.311 e. The van der Waals surface area contributed by atoms with Gasteiger partial charge in [-0.1, -0.05) is 25.0 Å². The number of hydrogen-bond donors (Lipinski definition) is 1. The van der Waals surface area contributed by atoms with Crippen LogP contribution in [0.1, 0.15) is 31.9 Å². The first-order valence-electron chi connectivity index (χ1n) is 5.81. The van der Waals surface area contributed by atoms with E-state index < -0.39 is 0 Å². The van der Waals surface area contributed by atoms with Gasteiger partial charge in [0, 0.05) is 13.6 Å². The molecule has 4 heteroatoms. The molecule has 0 spiro atoms. The van der Waals surface area contributed by atoms with Crippen LogP contribution >= 0.6 is 0 Å². The molecule has 0 aromatic carbocycles. The SMILES string of the molecule is CC1CCCC1CNCc1cnnn1C. The first-order valence-corrected chi connectivity index (χ1v) is 5.81. The summed E-state index contributed by atoms with van der Waals surface area (Å²) in [6.45, 7) is 4.38. The number of nitrogens with zero attached hydrogens (tertiary/aromatic N) is 3. The molecule has 15 heavy (non-hydrogen) atoms. The molecule has 2 atom stereocenters. The van der Waals surface area contributed by atoms with Crippen molar-refractivity contribution in [2.75, 3.05) is 6.54 Å². The fourth-order valence-electron chi connectivity index (χ4n) is 2.38. The Balaban J connectivity index is 1.73. The zero-order chi connectivity index (χ0) is 10.7. The van der Waals surface area contributed by atoms with Crippen LogP contribution in [0, 0.1) is 11.8 Å². The molecule has 0 bridgehead atoms. The highest BCUT2D eigenvalue weighted by Crippen LogP contribution is 2.30. The zero-order valence-corrected chi connectivity index (χ0v) is 9.61. The second-order valence-corrected chi connectivity index (χ2v) is 4.65. The lowest BCUT2D eigenvalue weighted by molar-refractivity contribution is 0.389. The van der Waals surface area contributed by atoms with Gasteiger partial charge < -0.3 is 5.32 Å². The maximum atomic E-state index is 3.91. The fraction of sp³-hybridized carbons (Fsp3) is 0.818. The third-order valence-corrected chi connectivity index (χ3v) is 3.56. The Labute approximate surface area is 91.1 Å². The second-order valence-electron chi connectivity index (χ2n) is 4.65. The van der Waals surface area contributed by atoms with Gasteiger partial charge in [0.25, 0.3) is 0 Å². The van der Waals surface area contributed by atoms with Gasteiger partial charge in [0.2, 0.25) is 0 Å². The second kappa shape index (κ2) is 4.75. The van der Waals surface area contributed by atoms with E-state index in [9.17, 15) is 0 Å². The third-order valence-electron chi connectivity index (χ3n) is 3.56. The molecular formula is C11H20N4. The Hall–Kier alpha value is -0.900. The van der Waals surface area contributed by atoms with Crippen molar-refractivity contribution in [3.63, 3.8) is 0 Å². The Morgan fingerprint density at radius 1 is 1.53 bits per heavy atom. The van der Waals surface area contributed by atoms with E-state index in [-0.39, 0.29) is 0 Å². The minimum absolute atomic E-state index is 0.867. The quantitative estimate of drug-likeness (QED) is 0.812. The van der Waals surface area contributed by atoms with Crippen LogP contribution in [0.3, 0.4) is 0 Å². The van der Waals surface area contributed by atoms with Crippen LogP contribution in [0.4, 0.5) is 0 Å². The molecule has 0 aliphatic heterocycles. The highest BCUT2D eigenvalue weighted by Gasteiger charge is 2.22. The van der Waals surface area contributed by atoms with Gasteiger partial charge in [0.1, 0.15) is 0 Å². The molecule has 4 nitrogen and oxygen atoms in total. The lowest BCUT2D eigenvalue weighted by Crippen LogP contribution is -2.24. The smallest absolute Gasteiger partial charge is 0.0738 e. The predicted octanol–water partition coefficient (Wildman–Crippen LogP) is 1.34. The predicted molar refractivity (Wildman–Crippen MR) is 59.2 cm³/mol. The topological polar surface area (TPSA) is 42.7 Å². The molecule has 1 aliphatic carbocycles. The van der Waals surface area contributed by atoms with E-state index in [4.69, 9.17) is 0 Å². The Morgan fingerprint density at radius 3 is 3.00 bits per heavy atom. The van der Waals surface area contributed by atoms with Gasteiger partial charge in [-0.15, -0.1) is 5.10 Å². The summed E-state index contributed by atoms with van der Waals surface area (Å²) in [7, 11) is 1.93. The average Bonchev–Trinajstić information content (AvgIpc) is 2.78. The van der Waals surface area contributed by atoms with E-state index in [1.54, 1.807) is 0 Å². The lowest BCUT2D eigenvalue weighted by atomic mass is 9.98. The maximum Gasteiger partial charge on any atom is 0.0738 e. The van der Waals surface area contributed by atoms with Crippen molar-refractivity contribution in [1.29, 1.82) is 0 Å². The number of aromatic nitrogens is 3. The van der Waals surface area contributed by atoms with Crippen molar-refractivity contribution in [2.45, 2.75) is 32.7 Å². The summed E-state index contributed by atoms with van der Waals surface area (Å²) in [4.78, 5) is 0. The normalized spacial score (nSPS) is 26.0. The van der Waals surface area contributed by atoms with E-state index in [1.807, 2.05) is 17.9 Å². The molecule has 1 saturated carbocycles. The Morgan fingerprint density at radius 2 is 2.40 bits per heavy atom. The number of nitrogens with one attached hydrogen (secondary N) is 1. The third kappa shape index (κ3) is 2.56. The van der Waals surface area contributed by atoms with Gasteiger partial charge in [0.15, 0.2) is 0 Å². The molecule has 1 heterocycles. The van der Waals surface area contributed by atoms with Gasteiger partial charge in [-0.05, 0) is 24.8 Å². The lowest BCUT2D eigenvalue weighted by Gasteiger charge is -2.15. The van der Waals surface area contributed by atoms with E-state index in [2.05, 4.69) is 22.6 Å². The van der Waals surface area contributed by atoms with Crippen LogP contribution in [-0.4, -0.2) is 21.5 Å². The molecule has 1 aromatic heterocycles. The van der Waals surface area contributed by atoms with Crippen molar-refractivity contribution in [1.82, 2.24) is 20.3 Å². The molecule has 1 N–H and O–H groups in total. The fourth-order valence-corrected chi connectivity index (χ4v) is 2.38. The Kier molecular flexibility index (Phi) is 3.36. The summed E-state index contributed by atoms with van der Waals surface area (Å²) in [5, 5.41) is 11.3. The van der Waals surface area contributed by atoms with E-state index in [0.29, 0.717) is 0 Å². The summed E-state index contributed by atoms with van der Waals surface area (Å²) in [5.41, 5.74) is 1.15. The highest BCUT2D eigenvalue weighted by atomic mass is 15.4. The number of hydrogen-bond acceptors (Lipinski definition) is 3. The van der Waals surface area contributed by atoms with Crippen molar-refractivity contribution in [2.24, 2.45) is 18.9 Å². The van der Waals surface area contributed by atoms with Gasteiger partial charge in [0.05, 0.1) is 11.9 Å². The summed E-state index contributed by atoms with van der Waals surface area (Å²) < 4.78 is 1.82. The van der Waals surface area contributed by atoms with Crippen LogP contribution in [0.15, 0.2) is 6.20 Å². The van der Waals surface area contributed by atoms with Crippen molar-refractivity contribution >= 4 is 0 Å². The summed E-state index contributed by atoms with van der Waals surface area (Å²) in [6.07, 6.45) is 6.02. The standard InChI is InChI=1S/C11H20N4/c1-9-4-3-5-10(9)6-12-7-11-8-13-14-15(11)2/h8-10,12H,3-7H2,1-2H3. The molecule has 1 aromatic rings. The minimum atomic E-state index is 0.867. The first-order chi connectivity index (χ1) is 7.27. The van der Waals surface area contributed by atoms with Crippen LogP contribution in [-0.2, 0) is 13.6 Å². The number of aryl methyl sites for hydroxylation is 1. The van der Waals surface area contributed by atoms with E-state index in [0.717, 1.165) is 30.6 Å². The monoisotopic (exact) mass is 208 g/mol. The minimum Gasteiger partial charge on any atom is -0.311 e.